The van der Waals surface area contributed by atoms with E-state index in [2.05, 4.69) is 15.3 Å². The number of rotatable bonds is 8. The maximum absolute atomic E-state index is 12.3. The zero-order valence-electron chi connectivity index (χ0n) is 12.1. The standard InChI is InChI=1S/C14H22N4O2/c1-3-6-17-13(19)5-10-18(9-4-2)14(20)12-11-15-7-8-16-12/h7-8,11H,3-6,9-10H2,1-2H3,(H,17,19). The highest BCUT2D eigenvalue weighted by atomic mass is 16.2. The average Bonchev–Trinajstić information content (AvgIpc) is 2.49. The molecule has 1 heterocycles. The van der Waals surface area contributed by atoms with Crippen LogP contribution in [0.3, 0.4) is 0 Å². The molecule has 0 unspecified atom stereocenters. The molecular formula is C14H22N4O2. The molecule has 1 aromatic heterocycles. The Morgan fingerprint density at radius 3 is 2.60 bits per heavy atom. The summed E-state index contributed by atoms with van der Waals surface area (Å²) in [7, 11) is 0. The van der Waals surface area contributed by atoms with Crippen molar-refractivity contribution in [2.24, 2.45) is 0 Å². The van der Waals surface area contributed by atoms with E-state index in [0.717, 1.165) is 12.8 Å². The summed E-state index contributed by atoms with van der Waals surface area (Å²) in [5.74, 6) is -0.205. The third kappa shape index (κ3) is 5.34. The lowest BCUT2D eigenvalue weighted by Crippen LogP contribution is -2.36. The van der Waals surface area contributed by atoms with E-state index in [-0.39, 0.29) is 11.8 Å². The Balaban J connectivity index is 2.56. The fourth-order valence-electron chi connectivity index (χ4n) is 1.75. The summed E-state index contributed by atoms with van der Waals surface area (Å²) < 4.78 is 0. The molecule has 6 nitrogen and oxygen atoms in total. The summed E-state index contributed by atoms with van der Waals surface area (Å²) in [4.78, 5) is 33.4. The first-order chi connectivity index (χ1) is 9.69. The van der Waals surface area contributed by atoms with Crippen LogP contribution in [0.15, 0.2) is 18.6 Å². The van der Waals surface area contributed by atoms with Gasteiger partial charge in [0.1, 0.15) is 5.69 Å². The highest BCUT2D eigenvalue weighted by molar-refractivity contribution is 5.92. The first-order valence-electron chi connectivity index (χ1n) is 7.01. The lowest BCUT2D eigenvalue weighted by atomic mass is 10.3. The molecule has 6 heteroatoms. The van der Waals surface area contributed by atoms with E-state index in [1.54, 1.807) is 4.90 Å². The normalized spacial score (nSPS) is 10.1. The second kappa shape index (κ2) is 9.01. The zero-order valence-corrected chi connectivity index (χ0v) is 12.1. The Kier molecular flexibility index (Phi) is 7.24. The Labute approximate surface area is 119 Å². The fourth-order valence-corrected chi connectivity index (χ4v) is 1.75. The van der Waals surface area contributed by atoms with Crippen molar-refractivity contribution in [1.29, 1.82) is 0 Å². The van der Waals surface area contributed by atoms with Crippen LogP contribution < -0.4 is 5.32 Å². The van der Waals surface area contributed by atoms with Gasteiger partial charge in [-0.3, -0.25) is 14.6 Å². The van der Waals surface area contributed by atoms with E-state index in [1.807, 2.05) is 13.8 Å². The lowest BCUT2D eigenvalue weighted by Gasteiger charge is -2.21. The molecule has 0 saturated heterocycles. The Morgan fingerprint density at radius 2 is 2.00 bits per heavy atom. The number of amides is 2. The predicted octanol–water partition coefficient (Wildman–Crippen LogP) is 1.25. The molecule has 0 aliphatic carbocycles. The van der Waals surface area contributed by atoms with Crippen molar-refractivity contribution in [1.82, 2.24) is 20.2 Å². The zero-order chi connectivity index (χ0) is 14.8. The largest absolute Gasteiger partial charge is 0.356 e. The van der Waals surface area contributed by atoms with Crippen LogP contribution in [-0.2, 0) is 4.79 Å². The minimum Gasteiger partial charge on any atom is -0.356 e. The van der Waals surface area contributed by atoms with E-state index in [4.69, 9.17) is 0 Å². The molecule has 0 aromatic carbocycles. The molecule has 0 fully saturated rings. The second-order valence-corrected chi connectivity index (χ2v) is 4.48. The molecule has 1 rings (SSSR count). The van der Waals surface area contributed by atoms with Gasteiger partial charge in [0, 0.05) is 38.4 Å². The molecule has 2 amide bonds. The van der Waals surface area contributed by atoms with Crippen molar-refractivity contribution < 1.29 is 9.59 Å². The summed E-state index contributed by atoms with van der Waals surface area (Å²) in [6, 6.07) is 0. The molecule has 0 aliphatic rings. The van der Waals surface area contributed by atoms with E-state index < -0.39 is 0 Å². The van der Waals surface area contributed by atoms with Crippen LogP contribution in [0, 0.1) is 0 Å². The lowest BCUT2D eigenvalue weighted by molar-refractivity contribution is -0.121. The van der Waals surface area contributed by atoms with Crippen LogP contribution in [0.5, 0.6) is 0 Å². The number of nitrogens with zero attached hydrogens (tertiary/aromatic N) is 3. The number of aromatic nitrogens is 2. The number of hydrogen-bond acceptors (Lipinski definition) is 4. The van der Waals surface area contributed by atoms with E-state index >= 15 is 0 Å². The Morgan fingerprint density at radius 1 is 1.20 bits per heavy atom. The summed E-state index contributed by atoms with van der Waals surface area (Å²) in [5.41, 5.74) is 0.315. The summed E-state index contributed by atoms with van der Waals surface area (Å²) in [5, 5.41) is 2.80. The van der Waals surface area contributed by atoms with E-state index in [9.17, 15) is 9.59 Å². The van der Waals surface area contributed by atoms with E-state index in [0.29, 0.717) is 31.7 Å². The van der Waals surface area contributed by atoms with Gasteiger partial charge in [-0.2, -0.15) is 0 Å². The van der Waals surface area contributed by atoms with Gasteiger partial charge in [-0.1, -0.05) is 13.8 Å². The Hall–Kier alpha value is -1.98. The molecule has 0 saturated carbocycles. The molecule has 1 aromatic rings. The average molecular weight is 278 g/mol. The fraction of sp³-hybridized carbons (Fsp3) is 0.571. The Bertz CT molecular complexity index is 422. The van der Waals surface area contributed by atoms with Crippen molar-refractivity contribution in [3.05, 3.63) is 24.3 Å². The molecule has 0 aliphatic heterocycles. The van der Waals surface area contributed by atoms with Gasteiger partial charge in [0.15, 0.2) is 0 Å². The number of hydrogen-bond donors (Lipinski definition) is 1. The SMILES string of the molecule is CCCNC(=O)CCN(CCC)C(=O)c1cnccn1. The van der Waals surface area contributed by atoms with Crippen LogP contribution in [0.2, 0.25) is 0 Å². The number of carbonyl (C=O) groups excluding carboxylic acids is 2. The first-order valence-corrected chi connectivity index (χ1v) is 7.01. The third-order valence-electron chi connectivity index (χ3n) is 2.74. The second-order valence-electron chi connectivity index (χ2n) is 4.48. The van der Waals surface area contributed by atoms with Crippen molar-refractivity contribution in [3.63, 3.8) is 0 Å². The maximum atomic E-state index is 12.3. The minimum atomic E-state index is -0.178. The number of nitrogens with one attached hydrogen (secondary N) is 1. The molecule has 0 atom stereocenters. The van der Waals surface area contributed by atoms with Gasteiger partial charge in [-0.25, -0.2) is 4.98 Å². The molecule has 0 bridgehead atoms. The van der Waals surface area contributed by atoms with Crippen molar-refractivity contribution in [3.8, 4) is 0 Å². The van der Waals surface area contributed by atoms with Crippen LogP contribution in [0.4, 0.5) is 0 Å². The smallest absolute Gasteiger partial charge is 0.274 e. The van der Waals surface area contributed by atoms with Gasteiger partial charge in [-0.15, -0.1) is 0 Å². The maximum Gasteiger partial charge on any atom is 0.274 e. The van der Waals surface area contributed by atoms with Crippen LogP contribution in [0.1, 0.15) is 43.6 Å². The third-order valence-corrected chi connectivity index (χ3v) is 2.74. The molecule has 0 spiro atoms. The van der Waals surface area contributed by atoms with Gasteiger partial charge in [-0.05, 0) is 12.8 Å². The molecule has 0 radical (unpaired) electrons. The summed E-state index contributed by atoms with van der Waals surface area (Å²) in [6.45, 7) is 5.68. The van der Waals surface area contributed by atoms with Crippen molar-refractivity contribution in [2.45, 2.75) is 33.1 Å². The van der Waals surface area contributed by atoms with Gasteiger partial charge < -0.3 is 10.2 Å². The van der Waals surface area contributed by atoms with Crippen LogP contribution in [-0.4, -0.2) is 46.3 Å². The van der Waals surface area contributed by atoms with Crippen LogP contribution in [0.25, 0.3) is 0 Å². The van der Waals surface area contributed by atoms with Crippen molar-refractivity contribution in [2.75, 3.05) is 19.6 Å². The molecule has 110 valence electrons. The highest BCUT2D eigenvalue weighted by Crippen LogP contribution is 2.02. The minimum absolute atomic E-state index is 0.0279. The predicted molar refractivity (Wildman–Crippen MR) is 76.1 cm³/mol. The van der Waals surface area contributed by atoms with Crippen LogP contribution >= 0.6 is 0 Å². The van der Waals surface area contributed by atoms with Gasteiger partial charge in [0.2, 0.25) is 5.91 Å². The quantitative estimate of drug-likeness (QED) is 0.776. The molecule has 1 N–H and O–H groups in total. The summed E-state index contributed by atoms with van der Waals surface area (Å²) in [6.07, 6.45) is 6.52. The summed E-state index contributed by atoms with van der Waals surface area (Å²) >= 11 is 0. The first kappa shape index (κ1) is 16.1. The number of carbonyl (C=O) groups is 2. The van der Waals surface area contributed by atoms with Crippen molar-refractivity contribution >= 4 is 11.8 Å². The highest BCUT2D eigenvalue weighted by Gasteiger charge is 2.17. The van der Waals surface area contributed by atoms with Gasteiger partial charge >= 0.3 is 0 Å². The van der Waals surface area contributed by atoms with Gasteiger partial charge in [0.25, 0.3) is 5.91 Å². The topological polar surface area (TPSA) is 75.2 Å². The van der Waals surface area contributed by atoms with E-state index in [1.165, 1.54) is 18.6 Å². The molecular weight excluding hydrogens is 256 g/mol. The van der Waals surface area contributed by atoms with Gasteiger partial charge in [0.05, 0.1) is 6.20 Å². The molecule has 20 heavy (non-hydrogen) atoms. The monoisotopic (exact) mass is 278 g/mol.